The molecule has 0 amide bonds. The highest BCUT2D eigenvalue weighted by atomic mass is 35.5. The average Bonchev–Trinajstić information content (AvgIpc) is 2.33. The Bertz CT molecular complexity index is 293. The zero-order valence-electron chi connectivity index (χ0n) is 5.97. The highest BCUT2D eigenvalue weighted by Crippen LogP contribution is 2.15. The molecule has 12 heavy (non-hydrogen) atoms. The number of benzene rings is 1. The zero-order chi connectivity index (χ0) is 6.10. The van der Waals surface area contributed by atoms with Gasteiger partial charge in [-0.3, -0.25) is 0 Å². The third kappa shape index (κ3) is 2.79. The lowest BCUT2D eigenvalue weighted by Gasteiger charge is -1.80. The second-order valence-corrected chi connectivity index (χ2v) is 2.71. The molecule has 0 radical (unpaired) electrons. The minimum absolute atomic E-state index is 0. The van der Waals surface area contributed by atoms with Gasteiger partial charge in [0.15, 0.2) is 0 Å². The summed E-state index contributed by atoms with van der Waals surface area (Å²) in [5.41, 5.74) is 2.97. The molecule has 0 saturated heterocycles. The van der Waals surface area contributed by atoms with Crippen LogP contribution in [-0.4, -0.2) is 4.98 Å². The molecule has 1 heterocycles. The first-order valence-electron chi connectivity index (χ1n) is 2.75. The summed E-state index contributed by atoms with van der Waals surface area (Å²) in [4.78, 5) is 4.14. The lowest BCUT2D eigenvalue weighted by molar-refractivity contribution is 1.50. The van der Waals surface area contributed by atoms with Gasteiger partial charge in [-0.15, -0.1) is 48.6 Å². The number of rotatable bonds is 0. The third-order valence-electron chi connectivity index (χ3n) is 1.24. The summed E-state index contributed by atoms with van der Waals surface area (Å²) in [5.74, 6) is 0. The fraction of sp³-hybridized carbons (Fsp3) is 0. The van der Waals surface area contributed by atoms with E-state index >= 15 is 0 Å². The number of hydrogen-bond acceptors (Lipinski definition) is 2. The number of halogens is 3. The summed E-state index contributed by atoms with van der Waals surface area (Å²) in [6.07, 6.45) is 0. The molecule has 0 bridgehead atoms. The molecule has 2 aromatic rings. The minimum atomic E-state index is 0. The van der Waals surface area contributed by atoms with Crippen molar-refractivity contribution in [3.63, 3.8) is 0 Å². The van der Waals surface area contributed by atoms with Crippen molar-refractivity contribution in [3.05, 3.63) is 29.8 Å². The summed E-state index contributed by atoms with van der Waals surface area (Å²) >= 11 is 1.68. The molecule has 0 fully saturated rings. The van der Waals surface area contributed by atoms with Crippen molar-refractivity contribution in [2.24, 2.45) is 0 Å². The lowest BCUT2D eigenvalue weighted by atomic mass is 10.3. The molecule has 0 aliphatic heterocycles. The van der Waals surface area contributed by atoms with E-state index in [1.807, 2.05) is 23.7 Å². The second kappa shape index (κ2) is 6.49. The molecule has 1 aromatic carbocycles. The Morgan fingerprint density at radius 3 is 2.33 bits per heavy atom. The Morgan fingerprint density at radius 2 is 1.67 bits per heavy atom. The van der Waals surface area contributed by atoms with E-state index in [2.05, 4.69) is 11.1 Å². The van der Waals surface area contributed by atoms with Crippen molar-refractivity contribution >= 4 is 58.8 Å². The number of fused-ring (bicyclic) bond motifs is 1. The standard InChI is InChI=1S/C7H5NS.3ClH/c1-2-4-7-6(3-1)8-5-9-7;;;/h1-5H;3*1H. The molecule has 0 aliphatic carbocycles. The van der Waals surface area contributed by atoms with Gasteiger partial charge in [0.2, 0.25) is 0 Å². The van der Waals surface area contributed by atoms with Gasteiger partial charge >= 0.3 is 0 Å². The van der Waals surface area contributed by atoms with Crippen molar-refractivity contribution in [1.29, 1.82) is 0 Å². The predicted octanol–water partition coefficient (Wildman–Crippen LogP) is 3.56. The number of thiazole rings is 1. The van der Waals surface area contributed by atoms with Crippen LogP contribution in [0.1, 0.15) is 0 Å². The van der Waals surface area contributed by atoms with Gasteiger partial charge in [-0.1, -0.05) is 12.1 Å². The van der Waals surface area contributed by atoms with Gasteiger partial charge in [-0.05, 0) is 12.1 Å². The normalized spacial score (nSPS) is 7.67. The Balaban J connectivity index is 0. The first kappa shape index (κ1) is 14.5. The minimum Gasteiger partial charge on any atom is -0.245 e. The van der Waals surface area contributed by atoms with Crippen molar-refractivity contribution in [3.8, 4) is 0 Å². The van der Waals surface area contributed by atoms with Crippen LogP contribution in [0.25, 0.3) is 10.2 Å². The molecule has 0 unspecified atom stereocenters. The van der Waals surface area contributed by atoms with Crippen LogP contribution in [0.15, 0.2) is 29.8 Å². The first-order valence-corrected chi connectivity index (χ1v) is 3.63. The molecule has 0 saturated carbocycles. The molecular formula is C7H8Cl3NS. The zero-order valence-corrected chi connectivity index (χ0v) is 9.23. The quantitative estimate of drug-likeness (QED) is 0.690. The molecule has 0 aliphatic rings. The van der Waals surface area contributed by atoms with Crippen molar-refractivity contribution in [2.45, 2.75) is 0 Å². The molecule has 5 heteroatoms. The molecular weight excluding hydrogens is 237 g/mol. The Morgan fingerprint density at radius 1 is 1.00 bits per heavy atom. The van der Waals surface area contributed by atoms with Gasteiger partial charge in [-0.25, -0.2) is 4.98 Å². The van der Waals surface area contributed by atoms with E-state index in [4.69, 9.17) is 0 Å². The highest BCUT2D eigenvalue weighted by Gasteiger charge is 1.89. The number of nitrogens with zero attached hydrogens (tertiary/aromatic N) is 1. The second-order valence-electron chi connectivity index (χ2n) is 1.82. The van der Waals surface area contributed by atoms with Crippen molar-refractivity contribution in [1.82, 2.24) is 4.98 Å². The van der Waals surface area contributed by atoms with Gasteiger partial charge in [0.25, 0.3) is 0 Å². The smallest absolute Gasteiger partial charge is 0.0812 e. The fourth-order valence-electron chi connectivity index (χ4n) is 0.803. The van der Waals surface area contributed by atoms with Crippen LogP contribution in [0, 0.1) is 0 Å². The van der Waals surface area contributed by atoms with Crippen LogP contribution in [0.5, 0.6) is 0 Å². The Labute approximate surface area is 93.4 Å². The largest absolute Gasteiger partial charge is 0.245 e. The van der Waals surface area contributed by atoms with Crippen LogP contribution < -0.4 is 0 Å². The molecule has 2 rings (SSSR count). The van der Waals surface area contributed by atoms with Gasteiger partial charge in [0, 0.05) is 0 Å². The molecule has 0 atom stereocenters. The van der Waals surface area contributed by atoms with E-state index in [1.165, 1.54) is 4.70 Å². The predicted molar refractivity (Wildman–Crippen MR) is 61.4 cm³/mol. The fourth-order valence-corrected chi connectivity index (χ4v) is 1.48. The van der Waals surface area contributed by atoms with E-state index in [0.717, 1.165) is 5.52 Å². The van der Waals surface area contributed by atoms with Crippen LogP contribution in [0.4, 0.5) is 0 Å². The van der Waals surface area contributed by atoms with Crippen LogP contribution >= 0.6 is 48.6 Å². The average molecular weight is 245 g/mol. The molecule has 1 nitrogen and oxygen atoms in total. The number of aromatic nitrogens is 1. The van der Waals surface area contributed by atoms with E-state index in [0.29, 0.717) is 0 Å². The van der Waals surface area contributed by atoms with Gasteiger partial charge in [-0.2, -0.15) is 0 Å². The van der Waals surface area contributed by atoms with Crippen LogP contribution in [-0.2, 0) is 0 Å². The van der Waals surface area contributed by atoms with Crippen LogP contribution in [0.2, 0.25) is 0 Å². The third-order valence-corrected chi connectivity index (χ3v) is 2.05. The van der Waals surface area contributed by atoms with E-state index in [1.54, 1.807) is 11.3 Å². The van der Waals surface area contributed by atoms with Gasteiger partial charge < -0.3 is 0 Å². The molecule has 0 spiro atoms. The molecule has 68 valence electrons. The van der Waals surface area contributed by atoms with E-state index in [-0.39, 0.29) is 37.2 Å². The summed E-state index contributed by atoms with van der Waals surface area (Å²) < 4.78 is 1.26. The SMILES string of the molecule is Cl.Cl.Cl.c1ccc2scnc2c1. The maximum absolute atomic E-state index is 4.14. The summed E-state index contributed by atoms with van der Waals surface area (Å²) in [7, 11) is 0. The first-order chi connectivity index (χ1) is 4.47. The summed E-state index contributed by atoms with van der Waals surface area (Å²) in [6, 6.07) is 8.13. The van der Waals surface area contributed by atoms with Crippen molar-refractivity contribution in [2.75, 3.05) is 0 Å². The monoisotopic (exact) mass is 243 g/mol. The maximum atomic E-state index is 4.14. The number of hydrogen-bond donors (Lipinski definition) is 0. The van der Waals surface area contributed by atoms with Crippen LogP contribution in [0.3, 0.4) is 0 Å². The van der Waals surface area contributed by atoms with Gasteiger partial charge in [0.05, 0.1) is 15.7 Å². The summed E-state index contributed by atoms with van der Waals surface area (Å²) in [6.45, 7) is 0. The van der Waals surface area contributed by atoms with Gasteiger partial charge in [0.1, 0.15) is 0 Å². The molecule has 1 aromatic heterocycles. The topological polar surface area (TPSA) is 12.9 Å². The maximum Gasteiger partial charge on any atom is 0.0812 e. The van der Waals surface area contributed by atoms with E-state index < -0.39 is 0 Å². The molecule has 0 N–H and O–H groups in total. The van der Waals surface area contributed by atoms with E-state index in [9.17, 15) is 0 Å². The Kier molecular flexibility index (Phi) is 7.84. The highest BCUT2D eigenvalue weighted by molar-refractivity contribution is 7.16. The number of para-hydroxylation sites is 1. The summed E-state index contributed by atoms with van der Waals surface area (Å²) in [5, 5.41) is 0. The van der Waals surface area contributed by atoms with Crippen molar-refractivity contribution < 1.29 is 0 Å². The lowest BCUT2D eigenvalue weighted by Crippen LogP contribution is -1.61. The Hall–Kier alpha value is -0.0200.